The lowest BCUT2D eigenvalue weighted by Crippen LogP contribution is -2.51. The van der Waals surface area contributed by atoms with E-state index in [1.165, 1.54) is 25.2 Å². The predicted molar refractivity (Wildman–Crippen MR) is 169 cm³/mol. The number of carbonyl (C=O) groups is 2. The molecule has 0 atom stereocenters. The standard InChI is InChI=1S/C33H35FN8O4/c1-21-37-28-17-23(7-9-30(28)42(21)24-4-2-3-5-24)33(44)36-20-32(43)41-13-11-40(12-14-41)29-8-6-22(16-26(29)34)27-18-25(46-38-27)19-35-31-10-15-45-39-31/h6-10,15-18,24H,2-5,11-14,19-20H2,1H3,(H,35,39)(H,36,44). The van der Waals surface area contributed by atoms with Gasteiger partial charge in [0, 0.05) is 55.5 Å². The van der Waals surface area contributed by atoms with Crippen LogP contribution >= 0.6 is 0 Å². The molecule has 13 heteroatoms. The summed E-state index contributed by atoms with van der Waals surface area (Å²) in [6.07, 6.45) is 6.24. The molecule has 2 aromatic carbocycles. The van der Waals surface area contributed by atoms with Gasteiger partial charge >= 0.3 is 0 Å². The van der Waals surface area contributed by atoms with Crippen molar-refractivity contribution in [3.8, 4) is 11.3 Å². The zero-order valence-electron chi connectivity index (χ0n) is 25.5. The highest BCUT2D eigenvalue weighted by molar-refractivity contribution is 5.99. The molecule has 4 heterocycles. The summed E-state index contributed by atoms with van der Waals surface area (Å²) < 4.78 is 27.7. The molecule has 1 aliphatic carbocycles. The van der Waals surface area contributed by atoms with Crippen molar-refractivity contribution < 1.29 is 23.0 Å². The maximum absolute atomic E-state index is 15.2. The van der Waals surface area contributed by atoms with Crippen LogP contribution in [0, 0.1) is 12.7 Å². The third kappa shape index (κ3) is 6.04. The van der Waals surface area contributed by atoms with Crippen LogP contribution in [0.2, 0.25) is 0 Å². The monoisotopic (exact) mass is 626 g/mol. The molecular formula is C33H35FN8O4. The number of fused-ring (bicyclic) bond motifs is 1. The molecule has 5 aromatic rings. The zero-order chi connectivity index (χ0) is 31.6. The molecule has 12 nitrogen and oxygen atoms in total. The molecule has 2 fully saturated rings. The first-order chi connectivity index (χ1) is 22.4. The zero-order valence-corrected chi connectivity index (χ0v) is 25.5. The van der Waals surface area contributed by atoms with E-state index in [1.807, 2.05) is 17.9 Å². The summed E-state index contributed by atoms with van der Waals surface area (Å²) in [5, 5.41) is 13.7. The Balaban J connectivity index is 0.907. The summed E-state index contributed by atoms with van der Waals surface area (Å²) in [7, 11) is 0. The van der Waals surface area contributed by atoms with Crippen LogP contribution in [0.5, 0.6) is 0 Å². The molecule has 1 aliphatic heterocycles. The normalized spacial score (nSPS) is 15.5. The molecule has 0 radical (unpaired) electrons. The molecule has 7 rings (SSSR count). The SMILES string of the molecule is Cc1nc2cc(C(=O)NCC(=O)N3CCN(c4ccc(-c5cc(CNc6ccon6)on5)cc4F)CC3)ccc2n1C1CCCC1. The number of anilines is 2. The molecule has 0 unspecified atom stereocenters. The van der Waals surface area contributed by atoms with E-state index < -0.39 is 0 Å². The van der Waals surface area contributed by atoms with Crippen LogP contribution in [-0.2, 0) is 11.3 Å². The van der Waals surface area contributed by atoms with Crippen LogP contribution in [0.15, 0.2) is 63.8 Å². The number of nitrogens with zero attached hydrogens (tertiary/aromatic N) is 6. The number of imidazole rings is 1. The van der Waals surface area contributed by atoms with Gasteiger partial charge in [-0.3, -0.25) is 9.59 Å². The van der Waals surface area contributed by atoms with Gasteiger partial charge in [-0.05, 0) is 50.1 Å². The molecule has 238 valence electrons. The number of rotatable bonds is 9. The van der Waals surface area contributed by atoms with Crippen molar-refractivity contribution in [1.82, 2.24) is 30.1 Å². The van der Waals surface area contributed by atoms with Gasteiger partial charge in [0.2, 0.25) is 5.91 Å². The number of hydrogen-bond donors (Lipinski definition) is 2. The molecular weight excluding hydrogens is 591 g/mol. The van der Waals surface area contributed by atoms with E-state index in [2.05, 4.69) is 25.5 Å². The minimum absolute atomic E-state index is 0.108. The van der Waals surface area contributed by atoms with Gasteiger partial charge in [-0.15, -0.1) is 0 Å². The number of benzene rings is 2. The molecule has 2 aliphatic rings. The molecule has 2 amide bonds. The predicted octanol–water partition coefficient (Wildman–Crippen LogP) is 4.93. The Morgan fingerprint density at radius 3 is 2.59 bits per heavy atom. The lowest BCUT2D eigenvalue weighted by atomic mass is 10.1. The molecule has 1 saturated carbocycles. The first kappa shape index (κ1) is 29.5. The number of hydrogen-bond acceptors (Lipinski definition) is 9. The Hall–Kier alpha value is -5.20. The largest absolute Gasteiger partial charge is 0.366 e. The highest BCUT2D eigenvalue weighted by atomic mass is 19.1. The lowest BCUT2D eigenvalue weighted by molar-refractivity contribution is -0.130. The van der Waals surface area contributed by atoms with Crippen molar-refractivity contribution in [1.29, 1.82) is 0 Å². The molecule has 2 N–H and O–H groups in total. The molecule has 1 saturated heterocycles. The highest BCUT2D eigenvalue weighted by Gasteiger charge is 2.25. The number of halogens is 1. The number of aromatic nitrogens is 4. The highest BCUT2D eigenvalue weighted by Crippen LogP contribution is 2.34. The Morgan fingerprint density at radius 2 is 1.83 bits per heavy atom. The van der Waals surface area contributed by atoms with Gasteiger partial charge in [-0.2, -0.15) is 0 Å². The minimum Gasteiger partial charge on any atom is -0.366 e. The van der Waals surface area contributed by atoms with E-state index in [1.54, 1.807) is 41.3 Å². The summed E-state index contributed by atoms with van der Waals surface area (Å²) >= 11 is 0. The number of amides is 2. The average molecular weight is 627 g/mol. The van der Waals surface area contributed by atoms with Crippen LogP contribution in [0.1, 0.15) is 53.7 Å². The van der Waals surface area contributed by atoms with E-state index in [0.717, 1.165) is 29.7 Å². The topological polar surface area (TPSA) is 135 Å². The summed E-state index contributed by atoms with van der Waals surface area (Å²) in [4.78, 5) is 34.2. The van der Waals surface area contributed by atoms with Gasteiger partial charge in [-0.1, -0.05) is 29.2 Å². The third-order valence-electron chi connectivity index (χ3n) is 8.88. The Bertz CT molecular complexity index is 1850. The smallest absolute Gasteiger partial charge is 0.251 e. The van der Waals surface area contributed by atoms with Crippen molar-refractivity contribution >= 4 is 34.4 Å². The maximum Gasteiger partial charge on any atom is 0.251 e. The minimum atomic E-state index is -0.380. The van der Waals surface area contributed by atoms with Gasteiger partial charge in [0.1, 0.15) is 23.6 Å². The van der Waals surface area contributed by atoms with Crippen molar-refractivity contribution in [3.05, 3.63) is 77.8 Å². The Kier molecular flexibility index (Phi) is 8.12. The Morgan fingerprint density at radius 1 is 1.00 bits per heavy atom. The van der Waals surface area contributed by atoms with Crippen LogP contribution < -0.4 is 15.5 Å². The summed E-state index contributed by atoms with van der Waals surface area (Å²) in [6, 6.07) is 14.4. The summed E-state index contributed by atoms with van der Waals surface area (Å²) in [6.45, 7) is 4.04. The second-order valence-electron chi connectivity index (χ2n) is 11.8. The maximum atomic E-state index is 15.2. The van der Waals surface area contributed by atoms with Gasteiger partial charge in [0.15, 0.2) is 11.6 Å². The fraction of sp³-hybridized carbons (Fsp3) is 0.364. The quantitative estimate of drug-likeness (QED) is 0.234. The third-order valence-corrected chi connectivity index (χ3v) is 8.88. The van der Waals surface area contributed by atoms with Gasteiger partial charge < -0.3 is 34.0 Å². The first-order valence-electron chi connectivity index (χ1n) is 15.6. The number of piperazine rings is 1. The lowest BCUT2D eigenvalue weighted by Gasteiger charge is -2.36. The molecule has 3 aromatic heterocycles. The van der Waals surface area contributed by atoms with Crippen LogP contribution in [0.3, 0.4) is 0 Å². The molecule has 0 bridgehead atoms. The number of carbonyl (C=O) groups excluding carboxylic acids is 2. The van der Waals surface area contributed by atoms with Crippen LogP contribution in [0.4, 0.5) is 15.9 Å². The van der Waals surface area contributed by atoms with E-state index in [9.17, 15) is 9.59 Å². The van der Waals surface area contributed by atoms with Crippen molar-refractivity contribution in [2.45, 2.75) is 45.2 Å². The second-order valence-corrected chi connectivity index (χ2v) is 11.8. The average Bonchev–Trinajstić information content (AvgIpc) is 3.90. The van der Waals surface area contributed by atoms with Gasteiger partial charge in [0.25, 0.3) is 5.91 Å². The number of aryl methyl sites for hydroxylation is 1. The van der Waals surface area contributed by atoms with Crippen molar-refractivity contribution in [2.75, 3.05) is 42.9 Å². The fourth-order valence-electron chi connectivity index (χ4n) is 6.49. The molecule has 0 spiro atoms. The summed E-state index contributed by atoms with van der Waals surface area (Å²) in [5.41, 5.74) is 3.89. The van der Waals surface area contributed by atoms with Crippen LogP contribution in [0.25, 0.3) is 22.3 Å². The van der Waals surface area contributed by atoms with Gasteiger partial charge in [-0.25, -0.2) is 9.37 Å². The second kappa shape index (κ2) is 12.7. The van der Waals surface area contributed by atoms with Crippen LogP contribution in [-0.4, -0.2) is 69.3 Å². The van der Waals surface area contributed by atoms with E-state index in [4.69, 9.17) is 14.0 Å². The van der Waals surface area contributed by atoms with E-state index in [0.29, 0.717) is 72.9 Å². The summed E-state index contributed by atoms with van der Waals surface area (Å²) in [5.74, 6) is 1.24. The van der Waals surface area contributed by atoms with Crippen molar-refractivity contribution in [2.24, 2.45) is 0 Å². The van der Waals surface area contributed by atoms with Gasteiger partial charge in [0.05, 0.1) is 29.8 Å². The van der Waals surface area contributed by atoms with Crippen molar-refractivity contribution in [3.63, 3.8) is 0 Å². The van der Waals surface area contributed by atoms with E-state index in [-0.39, 0.29) is 24.2 Å². The number of nitrogens with one attached hydrogen (secondary N) is 2. The first-order valence-corrected chi connectivity index (χ1v) is 15.6. The molecule has 46 heavy (non-hydrogen) atoms. The Labute approximate surface area is 264 Å². The fourth-order valence-corrected chi connectivity index (χ4v) is 6.49. The van der Waals surface area contributed by atoms with E-state index >= 15 is 4.39 Å².